The maximum atomic E-state index is 12.4. The van der Waals surface area contributed by atoms with Crippen LogP contribution in [-0.2, 0) is 11.2 Å². The Bertz CT molecular complexity index is 507. The highest BCUT2D eigenvalue weighted by molar-refractivity contribution is 5.98. The molecule has 3 rings (SSSR count). The highest BCUT2D eigenvalue weighted by atomic mass is 16.5. The minimum Gasteiger partial charge on any atom is -0.493 e. The molecule has 0 spiro atoms. The fraction of sp³-hybridized carbons (Fsp3) is 0.588. The fourth-order valence-corrected chi connectivity index (χ4v) is 3.20. The van der Waals surface area contributed by atoms with Gasteiger partial charge in [-0.3, -0.25) is 9.69 Å². The lowest BCUT2D eigenvalue weighted by atomic mass is 9.97. The van der Waals surface area contributed by atoms with Crippen LogP contribution in [0.2, 0.25) is 0 Å². The zero-order valence-electron chi connectivity index (χ0n) is 12.6. The van der Waals surface area contributed by atoms with Gasteiger partial charge >= 0.3 is 0 Å². The van der Waals surface area contributed by atoms with Crippen molar-refractivity contribution >= 4 is 5.78 Å². The molecule has 4 heteroatoms. The molecule has 0 radical (unpaired) electrons. The van der Waals surface area contributed by atoms with Crippen LogP contribution in [0.25, 0.3) is 0 Å². The molecule has 0 aliphatic carbocycles. The van der Waals surface area contributed by atoms with E-state index < -0.39 is 0 Å². The molecule has 0 saturated carbocycles. The number of benzene rings is 1. The van der Waals surface area contributed by atoms with Crippen LogP contribution in [0, 0.1) is 5.92 Å². The van der Waals surface area contributed by atoms with Crippen LogP contribution in [0.1, 0.15) is 28.8 Å². The Morgan fingerprint density at radius 2 is 2.19 bits per heavy atom. The van der Waals surface area contributed by atoms with Crippen molar-refractivity contribution in [1.82, 2.24) is 4.90 Å². The summed E-state index contributed by atoms with van der Waals surface area (Å²) in [5.41, 5.74) is 1.98. The fourth-order valence-electron chi connectivity index (χ4n) is 3.20. The van der Waals surface area contributed by atoms with Crippen LogP contribution in [0.3, 0.4) is 0 Å². The van der Waals surface area contributed by atoms with Gasteiger partial charge in [-0.2, -0.15) is 0 Å². The second-order valence-electron chi connectivity index (χ2n) is 6.02. The van der Waals surface area contributed by atoms with Crippen molar-refractivity contribution in [3.05, 3.63) is 29.3 Å². The third-order valence-corrected chi connectivity index (χ3v) is 4.49. The molecular formula is C17H23NO3. The largest absolute Gasteiger partial charge is 0.493 e. The summed E-state index contributed by atoms with van der Waals surface area (Å²) in [5, 5.41) is 0. The molecule has 0 bridgehead atoms. The molecule has 2 aliphatic rings. The number of carbonyl (C=O) groups is 1. The Balaban J connectivity index is 1.55. The van der Waals surface area contributed by atoms with Gasteiger partial charge in [-0.05, 0) is 55.6 Å². The Morgan fingerprint density at radius 3 is 2.95 bits per heavy atom. The van der Waals surface area contributed by atoms with Gasteiger partial charge in [0.05, 0.1) is 13.2 Å². The summed E-state index contributed by atoms with van der Waals surface area (Å²) in [7, 11) is 1.76. The van der Waals surface area contributed by atoms with E-state index >= 15 is 0 Å². The van der Waals surface area contributed by atoms with E-state index in [9.17, 15) is 4.79 Å². The second kappa shape index (κ2) is 6.58. The van der Waals surface area contributed by atoms with Crippen LogP contribution in [-0.4, -0.2) is 50.6 Å². The van der Waals surface area contributed by atoms with E-state index in [0.29, 0.717) is 12.5 Å². The summed E-state index contributed by atoms with van der Waals surface area (Å²) in [6, 6.07) is 5.83. The number of likely N-dealkylation sites (tertiary alicyclic amines) is 1. The van der Waals surface area contributed by atoms with Gasteiger partial charge in [0.15, 0.2) is 5.78 Å². The first kappa shape index (κ1) is 14.5. The number of methoxy groups -OCH3 is 1. The molecule has 2 heterocycles. The van der Waals surface area contributed by atoms with Gasteiger partial charge in [-0.25, -0.2) is 0 Å². The highest BCUT2D eigenvalue weighted by Gasteiger charge is 2.22. The zero-order chi connectivity index (χ0) is 14.7. The summed E-state index contributed by atoms with van der Waals surface area (Å²) in [5.74, 6) is 1.81. The van der Waals surface area contributed by atoms with Crippen LogP contribution < -0.4 is 4.74 Å². The summed E-state index contributed by atoms with van der Waals surface area (Å²) < 4.78 is 10.7. The maximum Gasteiger partial charge on any atom is 0.176 e. The summed E-state index contributed by atoms with van der Waals surface area (Å²) >= 11 is 0. The van der Waals surface area contributed by atoms with Crippen LogP contribution >= 0.6 is 0 Å². The van der Waals surface area contributed by atoms with Gasteiger partial charge in [0.1, 0.15) is 5.75 Å². The zero-order valence-corrected chi connectivity index (χ0v) is 12.6. The van der Waals surface area contributed by atoms with Crippen molar-refractivity contribution in [3.63, 3.8) is 0 Å². The molecule has 114 valence electrons. The molecule has 0 atom stereocenters. The number of carbonyl (C=O) groups excluding carboxylic acids is 1. The van der Waals surface area contributed by atoms with Gasteiger partial charge in [0, 0.05) is 25.7 Å². The first-order valence-corrected chi connectivity index (χ1v) is 7.76. The molecule has 0 N–H and O–H groups in total. The molecule has 0 unspecified atom stereocenters. The third-order valence-electron chi connectivity index (χ3n) is 4.49. The molecule has 4 nitrogen and oxygen atoms in total. The normalized spacial score (nSPS) is 19.3. The van der Waals surface area contributed by atoms with Crippen molar-refractivity contribution in [3.8, 4) is 5.75 Å². The molecule has 0 amide bonds. The van der Waals surface area contributed by atoms with E-state index in [1.165, 1.54) is 5.56 Å². The molecule has 1 aromatic carbocycles. The maximum absolute atomic E-state index is 12.4. The van der Waals surface area contributed by atoms with Crippen molar-refractivity contribution in [2.75, 3.05) is 40.0 Å². The molecule has 0 aromatic heterocycles. The molecule has 1 aromatic rings. The Labute approximate surface area is 126 Å². The second-order valence-corrected chi connectivity index (χ2v) is 6.02. The molecule has 2 aliphatic heterocycles. The monoisotopic (exact) mass is 289 g/mol. The number of rotatable bonds is 5. The van der Waals surface area contributed by atoms with Crippen LogP contribution in [0.5, 0.6) is 5.75 Å². The Kier molecular flexibility index (Phi) is 4.56. The molecule has 1 fully saturated rings. The number of ketones is 1. The minimum absolute atomic E-state index is 0.217. The predicted molar refractivity (Wildman–Crippen MR) is 81.0 cm³/mol. The summed E-state index contributed by atoms with van der Waals surface area (Å²) in [6.45, 7) is 4.09. The van der Waals surface area contributed by atoms with Crippen LogP contribution in [0.15, 0.2) is 18.2 Å². The third kappa shape index (κ3) is 3.44. The predicted octanol–water partition coefficient (Wildman–Crippen LogP) is 2.16. The molecular weight excluding hydrogens is 266 g/mol. The van der Waals surface area contributed by atoms with E-state index in [0.717, 1.165) is 56.9 Å². The number of Topliss-reactive ketones (excluding diaryl/α,β-unsaturated/α-hetero) is 1. The average molecular weight is 289 g/mol. The minimum atomic E-state index is 0.217. The lowest BCUT2D eigenvalue weighted by molar-refractivity contribution is 0.0810. The first-order valence-electron chi connectivity index (χ1n) is 7.76. The number of hydrogen-bond donors (Lipinski definition) is 0. The van der Waals surface area contributed by atoms with Gasteiger partial charge in [0.2, 0.25) is 0 Å². The van der Waals surface area contributed by atoms with Gasteiger partial charge in [-0.15, -0.1) is 0 Å². The number of hydrogen-bond acceptors (Lipinski definition) is 4. The lowest BCUT2D eigenvalue weighted by Gasteiger charge is -2.31. The van der Waals surface area contributed by atoms with E-state index in [1.807, 2.05) is 18.2 Å². The van der Waals surface area contributed by atoms with E-state index in [2.05, 4.69) is 4.90 Å². The van der Waals surface area contributed by atoms with Gasteiger partial charge in [-0.1, -0.05) is 0 Å². The Hall–Kier alpha value is -1.39. The number of ether oxygens (including phenoxy) is 2. The van der Waals surface area contributed by atoms with E-state index in [4.69, 9.17) is 9.47 Å². The van der Waals surface area contributed by atoms with Crippen molar-refractivity contribution in [1.29, 1.82) is 0 Å². The van der Waals surface area contributed by atoms with Crippen LogP contribution in [0.4, 0.5) is 0 Å². The Morgan fingerprint density at radius 1 is 1.38 bits per heavy atom. The smallest absolute Gasteiger partial charge is 0.176 e. The average Bonchev–Trinajstić information content (AvgIpc) is 2.97. The lowest BCUT2D eigenvalue weighted by Crippen LogP contribution is -2.38. The SMILES string of the molecule is COCC1CCN(CC(=O)c2ccc3c(c2)CCO3)CC1. The first-order chi connectivity index (χ1) is 10.3. The van der Waals surface area contributed by atoms with E-state index in [1.54, 1.807) is 7.11 Å². The molecule has 1 saturated heterocycles. The van der Waals surface area contributed by atoms with Crippen molar-refractivity contribution < 1.29 is 14.3 Å². The number of fused-ring (bicyclic) bond motifs is 1. The van der Waals surface area contributed by atoms with Crippen molar-refractivity contribution in [2.24, 2.45) is 5.92 Å². The summed E-state index contributed by atoms with van der Waals surface area (Å²) in [6.07, 6.45) is 3.16. The topological polar surface area (TPSA) is 38.8 Å². The van der Waals surface area contributed by atoms with E-state index in [-0.39, 0.29) is 5.78 Å². The van der Waals surface area contributed by atoms with Crippen molar-refractivity contribution in [2.45, 2.75) is 19.3 Å². The number of piperidine rings is 1. The quantitative estimate of drug-likeness (QED) is 0.779. The van der Waals surface area contributed by atoms with Gasteiger partial charge in [0.25, 0.3) is 0 Å². The molecule has 21 heavy (non-hydrogen) atoms. The summed E-state index contributed by atoms with van der Waals surface area (Å²) in [4.78, 5) is 14.7. The standard InChI is InChI=1S/C17H23NO3/c1-20-12-13-4-7-18(8-5-13)11-16(19)14-2-3-17-15(10-14)6-9-21-17/h2-3,10,13H,4-9,11-12H2,1H3. The van der Waals surface area contributed by atoms with Gasteiger partial charge < -0.3 is 9.47 Å². The highest BCUT2D eigenvalue weighted by Crippen LogP contribution is 2.26. The number of nitrogens with zero attached hydrogens (tertiary/aromatic N) is 1.